The number of nitrogens with one attached hydrogen (secondary N) is 1. The number of carbonyl (C=O) groups is 2. The average Bonchev–Trinajstić information content (AvgIpc) is 2.15. The lowest BCUT2D eigenvalue weighted by atomic mass is 10.2. The quantitative estimate of drug-likeness (QED) is 0.812. The molecule has 1 N–H and O–H groups in total. The van der Waals surface area contributed by atoms with Gasteiger partial charge >= 0.3 is 0 Å². The molecule has 0 heterocycles. The van der Waals surface area contributed by atoms with E-state index in [1.165, 1.54) is 6.92 Å². The fourth-order valence-corrected chi connectivity index (χ4v) is 1.61. The van der Waals surface area contributed by atoms with Crippen molar-refractivity contribution < 1.29 is 9.59 Å². The minimum atomic E-state index is -0.324. The summed E-state index contributed by atoms with van der Waals surface area (Å²) in [7, 11) is 0. The van der Waals surface area contributed by atoms with Crippen molar-refractivity contribution in [3.05, 3.63) is 35.9 Å². The third-order valence-electron chi connectivity index (χ3n) is 1.49. The normalized spacial score (nSPS) is 9.50. The predicted molar refractivity (Wildman–Crippen MR) is 56.9 cm³/mol. The summed E-state index contributed by atoms with van der Waals surface area (Å²) in [6.45, 7) is 1.32. The summed E-state index contributed by atoms with van der Waals surface area (Å²) in [5.74, 6) is 0.260. The molecule has 74 valence electrons. The van der Waals surface area contributed by atoms with Gasteiger partial charge < -0.3 is 0 Å². The Bertz CT molecular complexity index is 324. The number of benzene rings is 1. The second-order valence-corrected chi connectivity index (χ2v) is 3.69. The Morgan fingerprint density at radius 1 is 1.29 bits per heavy atom. The van der Waals surface area contributed by atoms with Crippen LogP contribution < -0.4 is 5.32 Å². The van der Waals surface area contributed by atoms with Crippen LogP contribution in [0.1, 0.15) is 12.5 Å². The van der Waals surface area contributed by atoms with E-state index in [0.717, 1.165) is 17.3 Å². The van der Waals surface area contributed by atoms with Crippen molar-refractivity contribution in [3.8, 4) is 0 Å². The summed E-state index contributed by atoms with van der Waals surface area (Å²) in [4.78, 5) is 21.6. The molecule has 0 saturated carbocycles. The molecule has 3 nitrogen and oxygen atoms in total. The van der Waals surface area contributed by atoms with Crippen molar-refractivity contribution in [2.75, 3.05) is 0 Å². The van der Waals surface area contributed by atoms with E-state index in [-0.39, 0.29) is 11.1 Å². The number of hydrogen-bond acceptors (Lipinski definition) is 3. The van der Waals surface area contributed by atoms with Gasteiger partial charge in [0.05, 0.1) is 0 Å². The summed E-state index contributed by atoms with van der Waals surface area (Å²) >= 11 is 1.09. The van der Waals surface area contributed by atoms with Crippen LogP contribution in [0.2, 0.25) is 0 Å². The Balaban J connectivity index is 2.34. The third kappa shape index (κ3) is 4.09. The summed E-state index contributed by atoms with van der Waals surface area (Å²) < 4.78 is 0. The fraction of sp³-hybridized carbons (Fsp3) is 0.200. The number of hydrogen-bond donors (Lipinski definition) is 1. The van der Waals surface area contributed by atoms with Crippen LogP contribution in [0.4, 0.5) is 4.79 Å². The zero-order valence-corrected chi connectivity index (χ0v) is 8.64. The molecule has 0 aliphatic carbocycles. The van der Waals surface area contributed by atoms with Gasteiger partial charge in [-0.2, -0.15) is 0 Å². The van der Waals surface area contributed by atoms with Crippen molar-refractivity contribution in [3.63, 3.8) is 0 Å². The maximum Gasteiger partial charge on any atom is 0.285 e. The molecular formula is C10H11NO2S. The third-order valence-corrected chi connectivity index (χ3v) is 2.33. The van der Waals surface area contributed by atoms with Gasteiger partial charge in [0.1, 0.15) is 0 Å². The molecule has 0 aromatic heterocycles. The van der Waals surface area contributed by atoms with E-state index in [1.807, 2.05) is 30.3 Å². The SMILES string of the molecule is CC(=O)NC(=O)SCc1ccccc1. The maximum absolute atomic E-state index is 11.1. The van der Waals surface area contributed by atoms with Crippen LogP contribution in [0.3, 0.4) is 0 Å². The molecule has 0 radical (unpaired) electrons. The summed E-state index contributed by atoms with van der Waals surface area (Å²) in [6, 6.07) is 9.63. The zero-order valence-electron chi connectivity index (χ0n) is 7.82. The largest absolute Gasteiger partial charge is 0.287 e. The van der Waals surface area contributed by atoms with Crippen LogP contribution in [0.15, 0.2) is 30.3 Å². The molecule has 0 spiro atoms. The first kappa shape index (κ1) is 10.8. The number of imide groups is 1. The Labute approximate surface area is 86.9 Å². The van der Waals surface area contributed by atoms with Crippen LogP contribution in [0.25, 0.3) is 0 Å². The Kier molecular flexibility index (Phi) is 4.19. The molecule has 2 amide bonds. The monoisotopic (exact) mass is 209 g/mol. The fourth-order valence-electron chi connectivity index (χ4n) is 0.903. The molecular weight excluding hydrogens is 198 g/mol. The minimum absolute atomic E-state index is 0.304. The maximum atomic E-state index is 11.1. The van der Waals surface area contributed by atoms with Crippen molar-refractivity contribution in [1.29, 1.82) is 0 Å². The lowest BCUT2D eigenvalue weighted by Crippen LogP contribution is -2.23. The molecule has 0 bridgehead atoms. The number of thioether (sulfide) groups is 1. The van der Waals surface area contributed by atoms with Crippen LogP contribution in [0.5, 0.6) is 0 Å². The first-order valence-electron chi connectivity index (χ1n) is 4.17. The van der Waals surface area contributed by atoms with Crippen LogP contribution in [-0.2, 0) is 10.5 Å². The first-order chi connectivity index (χ1) is 6.68. The van der Waals surface area contributed by atoms with Gasteiger partial charge in [-0.3, -0.25) is 14.9 Å². The highest BCUT2D eigenvalue weighted by atomic mass is 32.2. The molecule has 1 rings (SSSR count). The van der Waals surface area contributed by atoms with Crippen molar-refractivity contribution in [2.45, 2.75) is 12.7 Å². The average molecular weight is 209 g/mol. The summed E-state index contributed by atoms with van der Waals surface area (Å²) in [5, 5.41) is 1.89. The van der Waals surface area contributed by atoms with Crippen molar-refractivity contribution in [1.82, 2.24) is 5.32 Å². The van der Waals surface area contributed by atoms with Gasteiger partial charge in [-0.25, -0.2) is 0 Å². The predicted octanol–water partition coefficient (Wildman–Crippen LogP) is 2.18. The van der Waals surface area contributed by atoms with Gasteiger partial charge in [0.15, 0.2) is 0 Å². The van der Waals surface area contributed by atoms with Gasteiger partial charge in [-0.15, -0.1) is 0 Å². The van der Waals surface area contributed by atoms with Gasteiger partial charge in [0.2, 0.25) is 5.91 Å². The van der Waals surface area contributed by atoms with E-state index in [9.17, 15) is 9.59 Å². The molecule has 0 atom stereocenters. The number of carbonyl (C=O) groups excluding carboxylic acids is 2. The van der Waals surface area contributed by atoms with Crippen LogP contribution in [-0.4, -0.2) is 11.1 Å². The summed E-state index contributed by atoms with van der Waals surface area (Å²) in [5.41, 5.74) is 1.07. The second kappa shape index (κ2) is 5.44. The van der Waals surface area contributed by atoms with E-state index in [0.29, 0.717) is 5.75 Å². The zero-order chi connectivity index (χ0) is 10.4. The number of rotatable bonds is 2. The second-order valence-electron chi connectivity index (χ2n) is 2.74. The lowest BCUT2D eigenvalue weighted by molar-refractivity contribution is -0.117. The Morgan fingerprint density at radius 2 is 1.93 bits per heavy atom. The van der Waals surface area contributed by atoms with E-state index in [1.54, 1.807) is 0 Å². The van der Waals surface area contributed by atoms with E-state index in [4.69, 9.17) is 0 Å². The standard InChI is InChI=1S/C10H11NO2S/c1-8(12)11-10(13)14-7-9-5-3-2-4-6-9/h2-6H,7H2,1H3,(H,11,12,13). The van der Waals surface area contributed by atoms with Crippen LogP contribution >= 0.6 is 11.8 Å². The molecule has 14 heavy (non-hydrogen) atoms. The van der Waals surface area contributed by atoms with Crippen LogP contribution in [0, 0.1) is 0 Å². The Hall–Kier alpha value is -1.29. The minimum Gasteiger partial charge on any atom is -0.287 e. The molecule has 1 aromatic rings. The van der Waals surface area contributed by atoms with E-state index >= 15 is 0 Å². The van der Waals surface area contributed by atoms with Gasteiger partial charge in [0, 0.05) is 12.7 Å². The molecule has 0 fully saturated rings. The highest BCUT2D eigenvalue weighted by Gasteiger charge is 2.03. The number of amides is 2. The molecule has 0 aliphatic heterocycles. The van der Waals surface area contributed by atoms with Gasteiger partial charge in [-0.05, 0) is 5.56 Å². The molecule has 0 unspecified atom stereocenters. The topological polar surface area (TPSA) is 46.2 Å². The first-order valence-corrected chi connectivity index (χ1v) is 5.15. The summed E-state index contributed by atoms with van der Waals surface area (Å²) in [6.07, 6.45) is 0. The van der Waals surface area contributed by atoms with Crippen molar-refractivity contribution in [2.24, 2.45) is 0 Å². The van der Waals surface area contributed by atoms with E-state index < -0.39 is 0 Å². The Morgan fingerprint density at radius 3 is 2.50 bits per heavy atom. The van der Waals surface area contributed by atoms with Gasteiger partial charge in [-0.1, -0.05) is 42.1 Å². The highest BCUT2D eigenvalue weighted by molar-refractivity contribution is 8.12. The molecule has 1 aromatic carbocycles. The molecule has 4 heteroatoms. The lowest BCUT2D eigenvalue weighted by Gasteiger charge is -2.00. The van der Waals surface area contributed by atoms with Gasteiger partial charge in [0.25, 0.3) is 5.24 Å². The highest BCUT2D eigenvalue weighted by Crippen LogP contribution is 2.11. The van der Waals surface area contributed by atoms with Crippen molar-refractivity contribution >= 4 is 22.9 Å². The molecule has 0 aliphatic rings. The van der Waals surface area contributed by atoms with E-state index in [2.05, 4.69) is 5.32 Å². The molecule has 0 saturated heterocycles. The smallest absolute Gasteiger partial charge is 0.285 e.